The Morgan fingerprint density at radius 3 is 2.88 bits per heavy atom. The first-order valence-corrected chi connectivity index (χ1v) is 3.23. The molecule has 1 rings (SSSR count). The van der Waals surface area contributed by atoms with Crippen LogP contribution in [0.5, 0.6) is 0 Å². The highest BCUT2D eigenvalue weighted by Gasteiger charge is 2.06. The van der Waals surface area contributed by atoms with E-state index in [0.717, 1.165) is 8.43 Å². The summed E-state index contributed by atoms with van der Waals surface area (Å²) in [5.74, 6) is 0. The lowest BCUT2D eigenvalue weighted by molar-refractivity contribution is 0.348. The van der Waals surface area contributed by atoms with E-state index >= 15 is 0 Å². The zero-order valence-corrected chi connectivity index (χ0v) is 5.72. The fraction of sp³-hybridized carbons (Fsp3) is 0.750. The molecule has 1 atom stereocenters. The summed E-state index contributed by atoms with van der Waals surface area (Å²) in [4.78, 5) is 0. The molecule has 8 heavy (non-hydrogen) atoms. The molecule has 4 heteroatoms. The van der Waals surface area contributed by atoms with Crippen LogP contribution in [-0.4, -0.2) is 11.3 Å². The first kappa shape index (κ1) is 5.70. The highest BCUT2D eigenvalue weighted by atomic mass is 31.1. The normalized spacial score (nSPS) is 28.8. The van der Waals surface area contributed by atoms with Gasteiger partial charge in [0.05, 0.1) is 6.04 Å². The zero-order valence-electron chi connectivity index (χ0n) is 4.83. The average molecular weight is 130 g/mol. The Balaban J connectivity index is 2.63. The lowest BCUT2D eigenvalue weighted by Crippen LogP contribution is -2.09. The maximum absolute atomic E-state index is 4.65. The molecule has 0 bridgehead atoms. The van der Waals surface area contributed by atoms with Crippen LogP contribution in [0.1, 0.15) is 13.8 Å². The Bertz CT molecular complexity index is 143. The molecule has 44 valence electrons. The van der Waals surface area contributed by atoms with Crippen LogP contribution in [-0.2, 0) is 4.62 Å². The van der Waals surface area contributed by atoms with Crippen molar-refractivity contribution >= 4 is 13.7 Å². The summed E-state index contributed by atoms with van der Waals surface area (Å²) in [6.45, 7) is 4.00. The second-order valence-electron chi connectivity index (χ2n) is 1.69. The van der Waals surface area contributed by atoms with Crippen molar-refractivity contribution in [2.24, 2.45) is 10.4 Å². The van der Waals surface area contributed by atoms with Gasteiger partial charge < -0.3 is 4.62 Å². The van der Waals surface area contributed by atoms with E-state index in [2.05, 4.69) is 15.0 Å². The maximum atomic E-state index is 4.65. The first-order valence-electron chi connectivity index (χ1n) is 2.41. The molecular formula is C4H7N2OP. The van der Waals surface area contributed by atoms with Crippen molar-refractivity contribution in [2.75, 3.05) is 0 Å². The fourth-order valence-corrected chi connectivity index (χ4v) is 0.746. The van der Waals surface area contributed by atoms with Gasteiger partial charge in [-0.25, -0.2) is 0 Å². The largest absolute Gasteiger partial charge is 0.322 e. The van der Waals surface area contributed by atoms with Gasteiger partial charge in [-0.15, -0.1) is 5.11 Å². The van der Waals surface area contributed by atoms with E-state index in [9.17, 15) is 0 Å². The molecule has 0 saturated heterocycles. The number of hydrogen-bond donors (Lipinski definition) is 0. The molecular weight excluding hydrogens is 123 g/mol. The Hall–Kier alpha value is -0.430. The summed E-state index contributed by atoms with van der Waals surface area (Å²) in [5, 5.41) is 8.38. The standard InChI is InChI=1S/C4H7N2OP/c1-3-4(2)8-7-6-5-3/h3H,1-2H3. The Labute approximate surface area is 49.6 Å². The van der Waals surface area contributed by atoms with Crippen LogP contribution in [0.2, 0.25) is 0 Å². The fourth-order valence-electron chi connectivity index (χ4n) is 0.334. The predicted octanol–water partition coefficient (Wildman–Crippen LogP) is 1.83. The Morgan fingerprint density at radius 2 is 2.50 bits per heavy atom. The van der Waals surface area contributed by atoms with Crippen LogP contribution in [0.4, 0.5) is 0 Å². The minimum absolute atomic E-state index is 0.241. The lowest BCUT2D eigenvalue weighted by Gasteiger charge is -2.05. The second-order valence-corrected chi connectivity index (χ2v) is 2.74. The summed E-state index contributed by atoms with van der Waals surface area (Å²) in [7, 11) is 0.847. The molecule has 3 nitrogen and oxygen atoms in total. The van der Waals surface area contributed by atoms with Gasteiger partial charge >= 0.3 is 0 Å². The minimum atomic E-state index is 0.241. The van der Waals surface area contributed by atoms with E-state index in [0.29, 0.717) is 0 Å². The number of nitrogens with zero attached hydrogens (tertiary/aromatic N) is 2. The molecule has 0 aromatic heterocycles. The molecule has 0 fully saturated rings. The van der Waals surface area contributed by atoms with Crippen molar-refractivity contribution in [3.8, 4) is 0 Å². The van der Waals surface area contributed by atoms with Gasteiger partial charge in [-0.05, 0) is 13.8 Å². The zero-order chi connectivity index (χ0) is 5.98. The smallest absolute Gasteiger partial charge is 0.163 e. The first-order chi connectivity index (χ1) is 3.80. The van der Waals surface area contributed by atoms with E-state index in [-0.39, 0.29) is 6.04 Å². The van der Waals surface area contributed by atoms with Gasteiger partial charge in [-0.1, -0.05) is 0 Å². The molecule has 0 aromatic carbocycles. The third kappa shape index (κ3) is 1.04. The molecule has 0 radical (unpaired) electrons. The van der Waals surface area contributed by atoms with Crippen LogP contribution >= 0.6 is 8.43 Å². The summed E-state index contributed by atoms with van der Waals surface area (Å²) in [6, 6.07) is 0.241. The van der Waals surface area contributed by atoms with Crippen molar-refractivity contribution in [3.05, 3.63) is 0 Å². The van der Waals surface area contributed by atoms with E-state index in [4.69, 9.17) is 0 Å². The van der Waals surface area contributed by atoms with E-state index in [1.165, 1.54) is 5.29 Å². The van der Waals surface area contributed by atoms with Crippen LogP contribution in [0, 0.1) is 0 Å². The topological polar surface area (TPSA) is 34.0 Å². The number of hydrogen-bond acceptors (Lipinski definition) is 3. The minimum Gasteiger partial charge on any atom is -0.322 e. The van der Waals surface area contributed by atoms with Gasteiger partial charge in [0.1, 0.15) is 0 Å². The van der Waals surface area contributed by atoms with Crippen LogP contribution in [0.3, 0.4) is 0 Å². The van der Waals surface area contributed by atoms with E-state index < -0.39 is 0 Å². The molecule has 1 unspecified atom stereocenters. The lowest BCUT2D eigenvalue weighted by atomic mass is 10.3. The summed E-state index contributed by atoms with van der Waals surface area (Å²) < 4.78 is 4.65. The molecule has 0 N–H and O–H groups in total. The molecule has 1 aliphatic heterocycles. The summed E-state index contributed by atoms with van der Waals surface area (Å²) in [6.07, 6.45) is 0. The highest BCUT2D eigenvalue weighted by molar-refractivity contribution is 7.35. The van der Waals surface area contributed by atoms with Gasteiger partial charge in [-0.2, -0.15) is 0 Å². The monoisotopic (exact) mass is 130 g/mol. The molecule has 1 aliphatic rings. The quantitative estimate of drug-likeness (QED) is 0.460. The molecule has 0 amide bonds. The third-order valence-corrected chi connectivity index (χ3v) is 1.86. The van der Waals surface area contributed by atoms with Crippen LogP contribution in [0.25, 0.3) is 0 Å². The predicted molar refractivity (Wildman–Crippen MR) is 33.0 cm³/mol. The van der Waals surface area contributed by atoms with Crippen molar-refractivity contribution < 1.29 is 4.62 Å². The molecule has 0 saturated carbocycles. The maximum Gasteiger partial charge on any atom is 0.163 e. The molecule has 1 heterocycles. The van der Waals surface area contributed by atoms with Gasteiger partial charge in [0, 0.05) is 10.6 Å². The molecule has 0 spiro atoms. The third-order valence-electron chi connectivity index (χ3n) is 1.05. The molecule has 0 aliphatic carbocycles. The number of rotatable bonds is 0. The summed E-state index contributed by atoms with van der Waals surface area (Å²) >= 11 is 0. The summed E-state index contributed by atoms with van der Waals surface area (Å²) in [5.41, 5.74) is 0. The van der Waals surface area contributed by atoms with Crippen LogP contribution in [0.15, 0.2) is 10.4 Å². The second kappa shape index (κ2) is 2.23. The molecule has 0 aromatic rings. The Kier molecular flexibility index (Phi) is 1.59. The van der Waals surface area contributed by atoms with E-state index in [1.54, 1.807) is 0 Å². The van der Waals surface area contributed by atoms with Gasteiger partial charge in [-0.3, -0.25) is 0 Å². The Morgan fingerprint density at radius 1 is 1.75 bits per heavy atom. The van der Waals surface area contributed by atoms with Crippen LogP contribution < -0.4 is 0 Å². The average Bonchev–Trinajstić information content (AvgIpc) is 1.77. The van der Waals surface area contributed by atoms with Gasteiger partial charge in [0.15, 0.2) is 8.43 Å². The van der Waals surface area contributed by atoms with Gasteiger partial charge in [0.25, 0.3) is 0 Å². The van der Waals surface area contributed by atoms with Crippen molar-refractivity contribution in [3.63, 3.8) is 0 Å². The highest BCUT2D eigenvalue weighted by Crippen LogP contribution is 2.13. The van der Waals surface area contributed by atoms with Gasteiger partial charge in [0.2, 0.25) is 0 Å². The van der Waals surface area contributed by atoms with Crippen molar-refractivity contribution in [1.82, 2.24) is 0 Å². The SMILES string of the molecule is CC1=PON=NC1C. The van der Waals surface area contributed by atoms with E-state index in [1.807, 2.05) is 13.8 Å². The van der Waals surface area contributed by atoms with Crippen molar-refractivity contribution in [2.45, 2.75) is 19.9 Å². The van der Waals surface area contributed by atoms with Crippen molar-refractivity contribution in [1.29, 1.82) is 0 Å².